The molecule has 0 aliphatic rings. The van der Waals surface area contributed by atoms with Crippen LogP contribution in [0.5, 0.6) is 11.5 Å². The zero-order chi connectivity index (χ0) is 16.9. The highest BCUT2D eigenvalue weighted by molar-refractivity contribution is 7.87. The van der Waals surface area contributed by atoms with Crippen molar-refractivity contribution in [1.82, 2.24) is 0 Å². The second-order valence-corrected chi connectivity index (χ2v) is 7.99. The lowest BCUT2D eigenvalue weighted by molar-refractivity contribution is 0.107. The van der Waals surface area contributed by atoms with Gasteiger partial charge in [0.2, 0.25) is 5.52 Å². The maximum atomic E-state index is 13.6. The standard InChI is InChI=1S/C18H21O4P/c1-4-13-23(20,14-9-6-5-7-10-14)18(19)17-15(21-2)11-8-12-16(17)22-3/h5-12H,4,13H2,1-3H3. The van der Waals surface area contributed by atoms with Crippen LogP contribution in [0.25, 0.3) is 0 Å². The SMILES string of the molecule is CCCP(=O)(C(=O)c1c(OC)cccc1OC)c1ccccc1. The minimum atomic E-state index is -3.26. The molecule has 23 heavy (non-hydrogen) atoms. The van der Waals surface area contributed by atoms with Gasteiger partial charge in [-0.05, 0) is 18.6 Å². The van der Waals surface area contributed by atoms with Crippen LogP contribution in [-0.2, 0) is 4.57 Å². The lowest BCUT2D eigenvalue weighted by Crippen LogP contribution is -2.17. The van der Waals surface area contributed by atoms with Gasteiger partial charge in [0.25, 0.3) is 0 Å². The van der Waals surface area contributed by atoms with Gasteiger partial charge in [0.15, 0.2) is 7.14 Å². The zero-order valence-corrected chi connectivity index (χ0v) is 14.5. The number of rotatable bonds is 7. The Labute approximate surface area is 136 Å². The monoisotopic (exact) mass is 332 g/mol. The van der Waals surface area contributed by atoms with Crippen LogP contribution in [0.4, 0.5) is 0 Å². The summed E-state index contributed by atoms with van der Waals surface area (Å²) < 4.78 is 24.2. The molecule has 1 atom stereocenters. The average molecular weight is 332 g/mol. The summed E-state index contributed by atoms with van der Waals surface area (Å²) >= 11 is 0. The highest BCUT2D eigenvalue weighted by Gasteiger charge is 2.37. The molecule has 0 saturated heterocycles. The van der Waals surface area contributed by atoms with Gasteiger partial charge in [0, 0.05) is 11.5 Å². The van der Waals surface area contributed by atoms with Crippen molar-refractivity contribution in [3.05, 3.63) is 54.1 Å². The van der Waals surface area contributed by atoms with Crippen molar-refractivity contribution >= 4 is 18.0 Å². The molecule has 2 rings (SSSR count). The molecule has 2 aromatic carbocycles. The van der Waals surface area contributed by atoms with Gasteiger partial charge in [-0.3, -0.25) is 4.79 Å². The molecule has 4 nitrogen and oxygen atoms in total. The van der Waals surface area contributed by atoms with Crippen LogP contribution in [0, 0.1) is 0 Å². The molecule has 0 fully saturated rings. The van der Waals surface area contributed by atoms with Gasteiger partial charge in [-0.1, -0.05) is 43.3 Å². The second-order valence-electron chi connectivity index (χ2n) is 5.14. The van der Waals surface area contributed by atoms with Crippen molar-refractivity contribution in [2.45, 2.75) is 13.3 Å². The van der Waals surface area contributed by atoms with E-state index in [1.807, 2.05) is 13.0 Å². The molecule has 0 saturated carbocycles. The van der Waals surface area contributed by atoms with Crippen LogP contribution < -0.4 is 14.8 Å². The lowest BCUT2D eigenvalue weighted by atomic mass is 10.2. The molecule has 1 unspecified atom stereocenters. The lowest BCUT2D eigenvalue weighted by Gasteiger charge is -2.19. The molecule has 5 heteroatoms. The van der Waals surface area contributed by atoms with Crippen LogP contribution in [0.1, 0.15) is 23.7 Å². The molecule has 2 aromatic rings. The van der Waals surface area contributed by atoms with E-state index in [1.54, 1.807) is 42.5 Å². The normalized spacial score (nSPS) is 13.2. The summed E-state index contributed by atoms with van der Waals surface area (Å²) in [6.07, 6.45) is 0.965. The van der Waals surface area contributed by atoms with Crippen molar-refractivity contribution in [3.8, 4) is 11.5 Å². The van der Waals surface area contributed by atoms with E-state index in [0.29, 0.717) is 29.4 Å². The number of ether oxygens (including phenoxy) is 2. The molecule has 0 aliphatic heterocycles. The third kappa shape index (κ3) is 3.32. The van der Waals surface area contributed by atoms with Crippen LogP contribution in [0.3, 0.4) is 0 Å². The van der Waals surface area contributed by atoms with Gasteiger partial charge in [-0.15, -0.1) is 0 Å². The summed E-state index contributed by atoms with van der Waals surface area (Å²) in [4.78, 5) is 13.2. The Morgan fingerprint density at radius 3 is 2.00 bits per heavy atom. The van der Waals surface area contributed by atoms with E-state index in [1.165, 1.54) is 14.2 Å². The van der Waals surface area contributed by atoms with E-state index >= 15 is 0 Å². The van der Waals surface area contributed by atoms with Crippen molar-refractivity contribution in [2.75, 3.05) is 20.4 Å². The van der Waals surface area contributed by atoms with Crippen molar-refractivity contribution in [1.29, 1.82) is 0 Å². The van der Waals surface area contributed by atoms with Crippen molar-refractivity contribution in [2.24, 2.45) is 0 Å². The van der Waals surface area contributed by atoms with E-state index in [0.717, 1.165) is 0 Å². The number of hydrogen-bond acceptors (Lipinski definition) is 4. The van der Waals surface area contributed by atoms with E-state index < -0.39 is 12.7 Å². The van der Waals surface area contributed by atoms with Crippen LogP contribution in [-0.4, -0.2) is 25.9 Å². The fraction of sp³-hybridized carbons (Fsp3) is 0.278. The highest BCUT2D eigenvalue weighted by atomic mass is 31.2. The van der Waals surface area contributed by atoms with E-state index in [9.17, 15) is 9.36 Å². The van der Waals surface area contributed by atoms with Gasteiger partial charge in [0.1, 0.15) is 17.1 Å². The highest BCUT2D eigenvalue weighted by Crippen LogP contribution is 2.51. The molecular formula is C18H21O4P. The largest absolute Gasteiger partial charge is 0.496 e. The first-order valence-electron chi connectivity index (χ1n) is 7.49. The first-order valence-corrected chi connectivity index (χ1v) is 9.38. The smallest absolute Gasteiger partial charge is 0.233 e. The number of hydrogen-bond donors (Lipinski definition) is 0. The van der Waals surface area contributed by atoms with Crippen molar-refractivity contribution in [3.63, 3.8) is 0 Å². The molecule has 0 amide bonds. The number of carbonyl (C=O) groups is 1. The summed E-state index contributed by atoms with van der Waals surface area (Å²) in [6, 6.07) is 14.0. The fourth-order valence-electron chi connectivity index (χ4n) is 2.57. The molecule has 0 N–H and O–H groups in total. The first-order chi connectivity index (χ1) is 11.1. The van der Waals surface area contributed by atoms with Crippen molar-refractivity contribution < 1.29 is 18.8 Å². The Morgan fingerprint density at radius 2 is 1.52 bits per heavy atom. The topological polar surface area (TPSA) is 52.6 Å². The number of carbonyl (C=O) groups excluding carboxylic acids is 1. The predicted octanol–water partition coefficient (Wildman–Crippen LogP) is 3.94. The quantitative estimate of drug-likeness (QED) is 0.721. The zero-order valence-electron chi connectivity index (χ0n) is 13.6. The Hall–Kier alpha value is -2.06. The summed E-state index contributed by atoms with van der Waals surface area (Å²) in [7, 11) is -0.294. The second kappa shape index (κ2) is 7.47. The maximum absolute atomic E-state index is 13.6. The van der Waals surface area contributed by atoms with Gasteiger partial charge >= 0.3 is 0 Å². The first kappa shape index (κ1) is 17.3. The van der Waals surface area contributed by atoms with Crippen LogP contribution in [0.2, 0.25) is 0 Å². The molecular weight excluding hydrogens is 311 g/mol. The van der Waals surface area contributed by atoms with E-state index in [2.05, 4.69) is 0 Å². The Kier molecular flexibility index (Phi) is 5.62. The van der Waals surface area contributed by atoms with Gasteiger partial charge in [-0.25, -0.2) is 0 Å². The fourth-order valence-corrected chi connectivity index (χ4v) is 5.14. The minimum absolute atomic E-state index is 0.248. The maximum Gasteiger partial charge on any atom is 0.233 e. The molecule has 122 valence electrons. The van der Waals surface area contributed by atoms with Gasteiger partial charge < -0.3 is 14.0 Å². The molecule has 0 bridgehead atoms. The third-order valence-electron chi connectivity index (χ3n) is 3.68. The predicted molar refractivity (Wildman–Crippen MR) is 92.7 cm³/mol. The summed E-state index contributed by atoms with van der Waals surface area (Å²) in [6.45, 7) is 1.92. The molecule has 0 heterocycles. The molecule has 0 spiro atoms. The number of benzene rings is 2. The van der Waals surface area contributed by atoms with Gasteiger partial charge in [-0.2, -0.15) is 0 Å². The molecule has 0 aromatic heterocycles. The van der Waals surface area contributed by atoms with E-state index in [4.69, 9.17) is 9.47 Å². The number of methoxy groups -OCH3 is 2. The minimum Gasteiger partial charge on any atom is -0.496 e. The Morgan fingerprint density at radius 1 is 0.957 bits per heavy atom. The summed E-state index contributed by atoms with van der Waals surface area (Å²) in [5.74, 6) is 0.753. The van der Waals surface area contributed by atoms with E-state index in [-0.39, 0.29) is 5.56 Å². The van der Waals surface area contributed by atoms with Crippen LogP contribution >= 0.6 is 7.14 Å². The Balaban J connectivity index is 2.63. The molecule has 0 radical (unpaired) electrons. The molecule has 0 aliphatic carbocycles. The Bertz CT molecular complexity index is 703. The summed E-state index contributed by atoms with van der Waals surface area (Å²) in [5, 5.41) is 0.569. The summed E-state index contributed by atoms with van der Waals surface area (Å²) in [5.41, 5.74) is -0.169. The third-order valence-corrected chi connectivity index (χ3v) is 6.77. The van der Waals surface area contributed by atoms with Gasteiger partial charge in [0.05, 0.1) is 14.2 Å². The van der Waals surface area contributed by atoms with Crippen LogP contribution in [0.15, 0.2) is 48.5 Å². The average Bonchev–Trinajstić information content (AvgIpc) is 2.61.